The van der Waals surface area contributed by atoms with E-state index >= 15 is 0 Å². The summed E-state index contributed by atoms with van der Waals surface area (Å²) in [6.45, 7) is 0. The molecule has 0 N–H and O–H groups in total. The van der Waals surface area contributed by atoms with E-state index in [0.29, 0.717) is 0 Å². The number of rotatable bonds is 12. The summed E-state index contributed by atoms with van der Waals surface area (Å²) in [6.07, 6.45) is 3.22. The van der Waals surface area contributed by atoms with Gasteiger partial charge in [-0.15, -0.1) is 0 Å². The molecule has 0 aliphatic carbocycles. The molecule has 8 heteroatoms. The third kappa shape index (κ3) is 6.26. The second-order valence-electron chi connectivity index (χ2n) is 4.21. The summed E-state index contributed by atoms with van der Waals surface area (Å²) in [5.74, 6) is 1.13. The van der Waals surface area contributed by atoms with Crippen LogP contribution in [0.2, 0.25) is 18.1 Å². The second kappa shape index (κ2) is 10.3. The predicted octanol–water partition coefficient (Wildman–Crippen LogP) is 2.35. The molecule has 19 heavy (non-hydrogen) atoms. The molecule has 0 spiro atoms. The van der Waals surface area contributed by atoms with Crippen LogP contribution in [0.4, 0.5) is 0 Å². The van der Waals surface area contributed by atoms with E-state index in [1.807, 2.05) is 11.8 Å². The van der Waals surface area contributed by atoms with Crippen LogP contribution >= 0.6 is 11.8 Å². The zero-order valence-electron chi connectivity index (χ0n) is 13.0. The van der Waals surface area contributed by atoms with Crippen LogP contribution in [0.15, 0.2) is 0 Å². The van der Waals surface area contributed by atoms with Crippen molar-refractivity contribution in [2.24, 2.45) is 0 Å². The summed E-state index contributed by atoms with van der Waals surface area (Å²) in [4.78, 5) is 0. The zero-order chi connectivity index (χ0) is 14.8. The average Bonchev–Trinajstić information content (AvgIpc) is 2.47. The predicted molar refractivity (Wildman–Crippen MR) is 84.0 cm³/mol. The summed E-state index contributed by atoms with van der Waals surface area (Å²) < 4.78 is 27.8. The Kier molecular flexibility index (Phi) is 10.6. The van der Waals surface area contributed by atoms with Gasteiger partial charge in [0, 0.05) is 41.6 Å². The summed E-state index contributed by atoms with van der Waals surface area (Å²) in [7, 11) is 3.69. The second-order valence-corrected chi connectivity index (χ2v) is 11.9. The first-order valence-corrected chi connectivity index (χ1v) is 11.9. The smallest absolute Gasteiger partial charge is 0.398 e. The minimum absolute atomic E-state index is 0.726. The van der Waals surface area contributed by atoms with Gasteiger partial charge in [-0.1, -0.05) is 0 Å². The monoisotopic (exact) mass is 328 g/mol. The largest absolute Gasteiger partial charge is 0.500 e. The molecule has 0 aliphatic rings. The fraction of sp³-hybridized carbons (Fsp3) is 1.00. The highest BCUT2D eigenvalue weighted by Gasteiger charge is 2.44. The lowest BCUT2D eigenvalue weighted by molar-refractivity contribution is 0.123. The topological polar surface area (TPSA) is 46.2 Å². The minimum Gasteiger partial charge on any atom is -0.398 e. The molecule has 0 aromatic heterocycles. The number of thioether (sulfide) groups is 1. The quantitative estimate of drug-likeness (QED) is 0.405. The van der Waals surface area contributed by atoms with Crippen LogP contribution in [0, 0.1) is 0 Å². The molecule has 5 nitrogen and oxygen atoms in total. The van der Waals surface area contributed by atoms with E-state index in [-0.39, 0.29) is 0 Å². The van der Waals surface area contributed by atoms with E-state index in [2.05, 4.69) is 6.26 Å². The molecule has 0 unspecified atom stereocenters. The van der Waals surface area contributed by atoms with Crippen molar-refractivity contribution in [1.82, 2.24) is 0 Å². The molecule has 0 radical (unpaired) electrons. The highest BCUT2D eigenvalue weighted by atomic mass is 32.2. The Balaban J connectivity index is 4.55. The zero-order valence-corrected chi connectivity index (χ0v) is 15.8. The van der Waals surface area contributed by atoms with Gasteiger partial charge in [0.15, 0.2) is 0 Å². The molecule has 0 bridgehead atoms. The Bertz CT molecular complexity index is 217. The van der Waals surface area contributed by atoms with E-state index in [1.165, 1.54) is 0 Å². The van der Waals surface area contributed by atoms with Crippen molar-refractivity contribution in [1.29, 1.82) is 0 Å². The lowest BCUT2D eigenvalue weighted by Gasteiger charge is -2.31. The van der Waals surface area contributed by atoms with Crippen molar-refractivity contribution >= 4 is 29.1 Å². The standard InChI is InChI=1S/C11H28O5SSi2/c1-12-18(13-2,9-7-8-17-6)10-11-19(14-3,15-4)16-5/h7-11H2,1-6H3. The molecule has 0 aliphatic heterocycles. The van der Waals surface area contributed by atoms with E-state index in [0.717, 1.165) is 30.3 Å². The van der Waals surface area contributed by atoms with E-state index in [1.54, 1.807) is 35.5 Å². The van der Waals surface area contributed by atoms with Crippen LogP contribution < -0.4 is 0 Å². The highest BCUT2D eigenvalue weighted by Crippen LogP contribution is 2.27. The maximum atomic E-state index is 5.73. The lowest BCUT2D eigenvalue weighted by Crippen LogP contribution is -2.47. The van der Waals surface area contributed by atoms with Crippen molar-refractivity contribution in [3.63, 3.8) is 0 Å². The van der Waals surface area contributed by atoms with Crippen LogP contribution in [0.1, 0.15) is 6.42 Å². The summed E-state index contributed by atoms with van der Waals surface area (Å²) in [6, 6.07) is 2.54. The number of hydrogen-bond acceptors (Lipinski definition) is 6. The third-order valence-electron chi connectivity index (χ3n) is 3.40. The summed E-state index contributed by atoms with van der Waals surface area (Å²) >= 11 is 1.85. The van der Waals surface area contributed by atoms with Gasteiger partial charge in [-0.2, -0.15) is 11.8 Å². The van der Waals surface area contributed by atoms with Crippen LogP contribution in [0.5, 0.6) is 0 Å². The molecule has 0 fully saturated rings. The Labute approximate surface area is 123 Å². The van der Waals surface area contributed by atoms with Crippen molar-refractivity contribution < 1.29 is 22.1 Å². The summed E-state index contributed by atoms with van der Waals surface area (Å²) in [5.41, 5.74) is 0. The first-order chi connectivity index (χ1) is 9.07. The molecule has 0 aromatic rings. The van der Waals surface area contributed by atoms with Gasteiger partial charge in [0.1, 0.15) is 0 Å². The van der Waals surface area contributed by atoms with E-state index in [4.69, 9.17) is 22.1 Å². The van der Waals surface area contributed by atoms with Crippen molar-refractivity contribution in [2.75, 3.05) is 47.6 Å². The number of hydrogen-bond donors (Lipinski definition) is 0. The van der Waals surface area contributed by atoms with Gasteiger partial charge in [0.2, 0.25) is 0 Å². The van der Waals surface area contributed by atoms with Crippen LogP contribution in [0.25, 0.3) is 0 Å². The molecule has 0 aromatic carbocycles. The molecular weight excluding hydrogens is 300 g/mol. The highest BCUT2D eigenvalue weighted by molar-refractivity contribution is 7.98. The maximum absolute atomic E-state index is 5.73. The SMILES string of the molecule is CO[Si](CCCSC)(CC[Si](OC)(OC)OC)OC. The first kappa shape index (κ1) is 19.6. The Hall–Kier alpha value is 0.584. The molecular formula is C11H28O5SSi2. The molecule has 0 heterocycles. The van der Waals surface area contributed by atoms with E-state index in [9.17, 15) is 0 Å². The fourth-order valence-corrected chi connectivity index (χ4v) is 8.50. The Morgan fingerprint density at radius 3 is 1.63 bits per heavy atom. The fourth-order valence-electron chi connectivity index (χ4n) is 2.00. The summed E-state index contributed by atoms with van der Waals surface area (Å²) in [5, 5.41) is 0. The molecule has 0 amide bonds. The first-order valence-electron chi connectivity index (χ1n) is 6.32. The molecule has 0 saturated carbocycles. The van der Waals surface area contributed by atoms with Gasteiger partial charge in [-0.05, 0) is 30.5 Å². The maximum Gasteiger partial charge on any atom is 0.500 e. The van der Waals surface area contributed by atoms with Gasteiger partial charge in [-0.25, -0.2) is 0 Å². The van der Waals surface area contributed by atoms with Crippen LogP contribution in [0.3, 0.4) is 0 Å². The minimum atomic E-state index is -2.54. The normalized spacial score (nSPS) is 12.9. The van der Waals surface area contributed by atoms with Crippen molar-refractivity contribution in [2.45, 2.75) is 24.6 Å². The molecule has 0 saturated heterocycles. The van der Waals surface area contributed by atoms with Gasteiger partial charge < -0.3 is 22.1 Å². The van der Waals surface area contributed by atoms with Crippen molar-refractivity contribution in [3.8, 4) is 0 Å². The third-order valence-corrected chi connectivity index (χ3v) is 10.9. The Morgan fingerprint density at radius 1 is 0.737 bits per heavy atom. The Morgan fingerprint density at radius 2 is 1.26 bits per heavy atom. The molecule has 0 atom stereocenters. The van der Waals surface area contributed by atoms with E-state index < -0.39 is 17.4 Å². The molecule has 116 valence electrons. The van der Waals surface area contributed by atoms with Crippen LogP contribution in [-0.2, 0) is 22.1 Å². The van der Waals surface area contributed by atoms with Gasteiger partial charge in [0.25, 0.3) is 0 Å². The van der Waals surface area contributed by atoms with Gasteiger partial charge in [0.05, 0.1) is 0 Å². The van der Waals surface area contributed by atoms with Crippen LogP contribution in [-0.4, -0.2) is 64.9 Å². The lowest BCUT2D eigenvalue weighted by atomic mass is 10.6. The molecule has 0 rings (SSSR count). The van der Waals surface area contributed by atoms with Gasteiger partial charge >= 0.3 is 17.4 Å². The van der Waals surface area contributed by atoms with Gasteiger partial charge in [-0.3, -0.25) is 0 Å². The van der Waals surface area contributed by atoms with Crippen molar-refractivity contribution in [3.05, 3.63) is 0 Å². The average molecular weight is 329 g/mol.